The third kappa shape index (κ3) is 7.47. The van der Waals surface area contributed by atoms with Crippen molar-refractivity contribution in [2.75, 3.05) is 37.4 Å². The molecule has 14 heteroatoms. The monoisotopic (exact) mass is 633 g/mol. The minimum Gasteiger partial charge on any atom is -0.488 e. The second kappa shape index (κ2) is 13.3. The van der Waals surface area contributed by atoms with Crippen LogP contribution in [0, 0.1) is 19.8 Å². The van der Waals surface area contributed by atoms with E-state index in [9.17, 15) is 23.1 Å². The molecular formula is C29H36ClN5O7S. The van der Waals surface area contributed by atoms with Crippen molar-refractivity contribution in [2.45, 2.75) is 51.2 Å². The van der Waals surface area contributed by atoms with Gasteiger partial charge in [0.15, 0.2) is 5.76 Å². The predicted octanol–water partition coefficient (Wildman–Crippen LogP) is 4.06. The van der Waals surface area contributed by atoms with Gasteiger partial charge < -0.3 is 29.9 Å². The van der Waals surface area contributed by atoms with E-state index in [1.165, 1.54) is 35.6 Å². The zero-order chi connectivity index (χ0) is 31.5. The minimum atomic E-state index is -3.87. The molecule has 43 heavy (non-hydrogen) atoms. The van der Waals surface area contributed by atoms with E-state index in [0.29, 0.717) is 39.2 Å². The molecule has 3 atom stereocenters. The van der Waals surface area contributed by atoms with E-state index in [1.54, 1.807) is 43.9 Å². The Kier molecular flexibility index (Phi) is 10.0. The van der Waals surface area contributed by atoms with Crippen molar-refractivity contribution in [1.29, 1.82) is 0 Å². The third-order valence-electron chi connectivity index (χ3n) is 7.41. The van der Waals surface area contributed by atoms with E-state index in [2.05, 4.69) is 15.8 Å². The summed E-state index contributed by atoms with van der Waals surface area (Å²) in [6.07, 6.45) is -0.717. The first-order valence-corrected chi connectivity index (χ1v) is 15.5. The SMILES string of the molecule is Cc1noc(C)c1NC(=O)Nc1ccc2c(c1)CC(=O)N([C@H](C)CO)C[C@@H](C)[C@H](CN(C)S(=O)(=O)c1ccc(Cl)cc1)O2. The Morgan fingerprint density at radius 3 is 2.53 bits per heavy atom. The number of carbonyl (C=O) groups excluding carboxylic acids is 2. The number of anilines is 2. The first-order valence-electron chi connectivity index (χ1n) is 13.7. The maximum absolute atomic E-state index is 13.5. The zero-order valence-electron chi connectivity index (χ0n) is 24.6. The molecule has 1 aliphatic heterocycles. The average molecular weight is 634 g/mol. The highest BCUT2D eigenvalue weighted by Gasteiger charge is 2.33. The number of likely N-dealkylation sites (N-methyl/N-ethyl adjacent to an activating group) is 1. The molecule has 0 fully saturated rings. The highest BCUT2D eigenvalue weighted by molar-refractivity contribution is 7.89. The van der Waals surface area contributed by atoms with Crippen molar-refractivity contribution < 1.29 is 32.4 Å². The molecule has 2 heterocycles. The van der Waals surface area contributed by atoms with Gasteiger partial charge in [0.25, 0.3) is 0 Å². The second-order valence-corrected chi connectivity index (χ2v) is 13.2. The van der Waals surface area contributed by atoms with E-state index < -0.39 is 28.2 Å². The predicted molar refractivity (Wildman–Crippen MR) is 162 cm³/mol. The van der Waals surface area contributed by atoms with Gasteiger partial charge in [-0.15, -0.1) is 0 Å². The fourth-order valence-corrected chi connectivity index (χ4v) is 6.11. The number of aromatic nitrogens is 1. The number of aliphatic hydroxyl groups is 1. The van der Waals surface area contributed by atoms with Crippen LogP contribution in [0.25, 0.3) is 0 Å². The van der Waals surface area contributed by atoms with Gasteiger partial charge in [0.05, 0.1) is 30.5 Å². The van der Waals surface area contributed by atoms with Gasteiger partial charge in [-0.05, 0) is 63.2 Å². The fraction of sp³-hybridized carbons (Fsp3) is 0.414. The highest BCUT2D eigenvalue weighted by atomic mass is 35.5. The molecule has 12 nitrogen and oxygen atoms in total. The van der Waals surface area contributed by atoms with Gasteiger partial charge in [0.2, 0.25) is 15.9 Å². The lowest BCUT2D eigenvalue weighted by molar-refractivity contribution is -0.134. The van der Waals surface area contributed by atoms with Gasteiger partial charge in [-0.2, -0.15) is 4.31 Å². The fourth-order valence-electron chi connectivity index (χ4n) is 4.80. The number of amides is 3. The third-order valence-corrected chi connectivity index (χ3v) is 9.49. The maximum Gasteiger partial charge on any atom is 0.323 e. The summed E-state index contributed by atoms with van der Waals surface area (Å²) in [5.74, 6) is 0.295. The van der Waals surface area contributed by atoms with Gasteiger partial charge in [-0.1, -0.05) is 23.7 Å². The minimum absolute atomic E-state index is 0.0129. The number of fused-ring (bicyclic) bond motifs is 1. The number of benzene rings is 2. The summed E-state index contributed by atoms with van der Waals surface area (Å²) in [5.41, 5.74) is 1.90. The molecule has 232 valence electrons. The number of hydrogen-bond donors (Lipinski definition) is 3. The zero-order valence-corrected chi connectivity index (χ0v) is 26.2. The molecule has 0 spiro atoms. The Morgan fingerprint density at radius 1 is 1.21 bits per heavy atom. The van der Waals surface area contributed by atoms with Crippen LogP contribution in [0.15, 0.2) is 51.9 Å². The van der Waals surface area contributed by atoms with Crippen LogP contribution in [0.5, 0.6) is 5.75 Å². The Balaban J connectivity index is 1.62. The van der Waals surface area contributed by atoms with Gasteiger partial charge in [-0.3, -0.25) is 4.79 Å². The van der Waals surface area contributed by atoms with Crippen LogP contribution in [-0.4, -0.2) is 78.7 Å². The van der Waals surface area contributed by atoms with Gasteiger partial charge in [0.1, 0.15) is 23.2 Å². The van der Waals surface area contributed by atoms with Gasteiger partial charge in [0, 0.05) is 35.8 Å². The van der Waals surface area contributed by atoms with Gasteiger partial charge in [-0.25, -0.2) is 13.2 Å². The molecule has 0 bridgehead atoms. The summed E-state index contributed by atoms with van der Waals surface area (Å²) < 4.78 is 39.4. The van der Waals surface area contributed by atoms with Gasteiger partial charge >= 0.3 is 6.03 Å². The number of carbonyl (C=O) groups is 2. The maximum atomic E-state index is 13.5. The molecule has 1 aliphatic rings. The van der Waals surface area contributed by atoms with E-state index in [1.807, 2.05) is 6.92 Å². The first-order chi connectivity index (χ1) is 20.3. The summed E-state index contributed by atoms with van der Waals surface area (Å²) in [4.78, 5) is 27.9. The molecule has 0 saturated carbocycles. The number of aliphatic hydroxyl groups excluding tert-OH is 1. The van der Waals surface area contributed by atoms with E-state index in [-0.39, 0.29) is 42.8 Å². The smallest absolute Gasteiger partial charge is 0.323 e. The largest absolute Gasteiger partial charge is 0.488 e. The number of halogens is 1. The molecule has 0 radical (unpaired) electrons. The van der Waals surface area contributed by atoms with Crippen LogP contribution in [0.4, 0.5) is 16.2 Å². The molecule has 0 saturated heterocycles. The Labute approximate surface area is 256 Å². The van der Waals surface area contributed by atoms with Crippen molar-refractivity contribution in [3.63, 3.8) is 0 Å². The summed E-state index contributed by atoms with van der Waals surface area (Å²) in [6.45, 7) is 6.98. The molecule has 0 aliphatic carbocycles. The molecule has 4 rings (SSSR count). The van der Waals surface area contributed by atoms with E-state index in [4.69, 9.17) is 20.9 Å². The number of sulfonamides is 1. The number of nitrogens with zero attached hydrogens (tertiary/aromatic N) is 3. The lowest BCUT2D eigenvalue weighted by Crippen LogP contribution is -2.48. The number of rotatable bonds is 8. The molecular weight excluding hydrogens is 598 g/mol. The van der Waals surface area contributed by atoms with Crippen LogP contribution >= 0.6 is 11.6 Å². The van der Waals surface area contributed by atoms with Crippen molar-refractivity contribution in [3.05, 3.63) is 64.5 Å². The molecule has 1 aromatic heterocycles. The Bertz CT molecular complexity index is 1560. The topological polar surface area (TPSA) is 154 Å². The highest BCUT2D eigenvalue weighted by Crippen LogP contribution is 2.30. The first kappa shape index (κ1) is 32.3. The standard InChI is InChI=1S/C29H36ClN5O7S/c1-17-14-35(18(2)16-36)27(37)13-21-12-23(31-29(38)32-28-19(3)33-42-20(28)4)8-11-25(21)41-26(17)15-34(5)43(39,40)24-9-6-22(30)7-10-24/h6-12,17-18,26,36H,13-16H2,1-5H3,(H2,31,32,38)/t17-,18-,26+/m1/s1. The lowest BCUT2D eigenvalue weighted by atomic mass is 10.0. The summed E-state index contributed by atoms with van der Waals surface area (Å²) in [6, 6.07) is 9.83. The van der Waals surface area contributed by atoms with Crippen molar-refractivity contribution in [3.8, 4) is 5.75 Å². The number of hydrogen-bond acceptors (Lipinski definition) is 8. The van der Waals surface area contributed by atoms with Crippen molar-refractivity contribution in [1.82, 2.24) is 14.4 Å². The molecule has 2 aromatic carbocycles. The van der Waals surface area contributed by atoms with Crippen LogP contribution < -0.4 is 15.4 Å². The molecule has 3 aromatic rings. The number of nitrogens with one attached hydrogen (secondary N) is 2. The lowest BCUT2D eigenvalue weighted by Gasteiger charge is -2.33. The average Bonchev–Trinajstić information content (AvgIpc) is 3.29. The quantitative estimate of drug-likeness (QED) is 0.336. The van der Waals surface area contributed by atoms with Crippen LogP contribution in [0.3, 0.4) is 0 Å². The van der Waals surface area contributed by atoms with Crippen LogP contribution in [-0.2, 0) is 21.2 Å². The van der Waals surface area contributed by atoms with Crippen molar-refractivity contribution >= 4 is 44.9 Å². The molecule has 3 N–H and O–H groups in total. The summed E-state index contributed by atoms with van der Waals surface area (Å²) >= 11 is 5.95. The summed E-state index contributed by atoms with van der Waals surface area (Å²) in [7, 11) is -2.40. The van der Waals surface area contributed by atoms with E-state index in [0.717, 1.165) is 0 Å². The number of aryl methyl sites for hydroxylation is 2. The Hall–Kier alpha value is -3.65. The summed E-state index contributed by atoms with van der Waals surface area (Å²) in [5, 5.41) is 19.6. The normalized spacial score (nSPS) is 18.2. The number of urea groups is 1. The van der Waals surface area contributed by atoms with Crippen LogP contribution in [0.1, 0.15) is 30.9 Å². The second-order valence-electron chi connectivity index (χ2n) is 10.7. The van der Waals surface area contributed by atoms with Crippen molar-refractivity contribution in [2.24, 2.45) is 5.92 Å². The Morgan fingerprint density at radius 2 is 1.91 bits per heavy atom. The van der Waals surface area contributed by atoms with Crippen LogP contribution in [0.2, 0.25) is 5.02 Å². The molecule has 3 amide bonds. The van der Waals surface area contributed by atoms with E-state index >= 15 is 0 Å². The molecule has 0 unspecified atom stereocenters. The number of ether oxygens (including phenoxy) is 1.